The van der Waals surface area contributed by atoms with Gasteiger partial charge >= 0.3 is 0 Å². The average Bonchev–Trinajstić information content (AvgIpc) is 3.13. The first-order valence-electron chi connectivity index (χ1n) is 11.4. The van der Waals surface area contributed by atoms with Crippen LogP contribution in [-0.2, 0) is 9.59 Å². The number of carbonyl (C=O) groups is 3. The lowest BCUT2D eigenvalue weighted by molar-refractivity contribution is -0.120. The van der Waals surface area contributed by atoms with Crippen molar-refractivity contribution in [2.75, 3.05) is 15.5 Å². The van der Waals surface area contributed by atoms with Gasteiger partial charge in [0.1, 0.15) is 22.2 Å². The fraction of sp³-hybridized carbons (Fsp3) is 0. The standard InChI is InChI=1S/C29H19Cl2N3O4/c30-19-5-4-6-21(17-19)33-27(35)18-9-11-20(12-10-18)32-26-25(31)28(36)34(29(26)37)22-13-15-24(16-14-22)38-23-7-2-1-3-8-23/h1-17,32H,(H,33,35). The largest absolute Gasteiger partial charge is 0.457 e. The van der Waals surface area contributed by atoms with Crippen LogP contribution in [0.2, 0.25) is 5.02 Å². The molecule has 3 amide bonds. The normalized spacial score (nSPS) is 13.1. The van der Waals surface area contributed by atoms with Crippen LogP contribution >= 0.6 is 23.2 Å². The van der Waals surface area contributed by atoms with Crippen LogP contribution in [-0.4, -0.2) is 17.7 Å². The van der Waals surface area contributed by atoms with E-state index in [2.05, 4.69) is 10.6 Å². The maximum atomic E-state index is 13.1. The molecule has 1 aliphatic rings. The zero-order chi connectivity index (χ0) is 26.6. The Morgan fingerprint density at radius 2 is 1.39 bits per heavy atom. The lowest BCUT2D eigenvalue weighted by Crippen LogP contribution is -2.32. The van der Waals surface area contributed by atoms with Crippen molar-refractivity contribution < 1.29 is 19.1 Å². The van der Waals surface area contributed by atoms with E-state index < -0.39 is 11.8 Å². The molecule has 0 fully saturated rings. The Balaban J connectivity index is 1.26. The van der Waals surface area contributed by atoms with Gasteiger partial charge in [-0.05, 0) is 78.9 Å². The molecule has 0 spiro atoms. The Morgan fingerprint density at radius 3 is 2.08 bits per heavy atom. The van der Waals surface area contributed by atoms with Crippen LogP contribution in [0, 0.1) is 0 Å². The van der Waals surface area contributed by atoms with Crippen LogP contribution in [0.1, 0.15) is 10.4 Å². The number of amides is 3. The summed E-state index contributed by atoms with van der Waals surface area (Å²) in [6.07, 6.45) is 0. The number of para-hydroxylation sites is 1. The van der Waals surface area contributed by atoms with Gasteiger partial charge in [0.2, 0.25) is 0 Å². The summed E-state index contributed by atoms with van der Waals surface area (Å²) >= 11 is 12.2. The van der Waals surface area contributed by atoms with E-state index in [1.165, 1.54) is 0 Å². The second-order valence-electron chi connectivity index (χ2n) is 8.21. The zero-order valence-corrected chi connectivity index (χ0v) is 21.2. The van der Waals surface area contributed by atoms with Crippen molar-refractivity contribution in [1.82, 2.24) is 0 Å². The molecule has 0 saturated carbocycles. The molecule has 0 bridgehead atoms. The number of nitrogens with zero attached hydrogens (tertiary/aromatic N) is 1. The Hall–Kier alpha value is -4.59. The van der Waals surface area contributed by atoms with Crippen LogP contribution < -0.4 is 20.3 Å². The molecule has 0 saturated heterocycles. The molecule has 9 heteroatoms. The lowest BCUT2D eigenvalue weighted by atomic mass is 10.2. The van der Waals surface area contributed by atoms with E-state index in [1.807, 2.05) is 30.3 Å². The van der Waals surface area contributed by atoms with Gasteiger partial charge in [0, 0.05) is 22.0 Å². The number of halogens is 2. The monoisotopic (exact) mass is 543 g/mol. The minimum absolute atomic E-state index is 0.0580. The van der Waals surface area contributed by atoms with Crippen molar-refractivity contribution >= 4 is 58.0 Å². The van der Waals surface area contributed by atoms with E-state index >= 15 is 0 Å². The van der Waals surface area contributed by atoms with Gasteiger partial charge in [0.25, 0.3) is 17.7 Å². The topological polar surface area (TPSA) is 87.7 Å². The third kappa shape index (κ3) is 5.39. The third-order valence-corrected chi connectivity index (χ3v) is 6.19. The van der Waals surface area contributed by atoms with E-state index in [9.17, 15) is 14.4 Å². The highest BCUT2D eigenvalue weighted by Gasteiger charge is 2.39. The highest BCUT2D eigenvalue weighted by Crippen LogP contribution is 2.32. The minimum Gasteiger partial charge on any atom is -0.457 e. The van der Waals surface area contributed by atoms with Gasteiger partial charge in [-0.2, -0.15) is 0 Å². The van der Waals surface area contributed by atoms with Crippen molar-refractivity contribution in [2.45, 2.75) is 0 Å². The Labute approximate surface area is 228 Å². The molecule has 0 atom stereocenters. The molecule has 0 aliphatic carbocycles. The van der Waals surface area contributed by atoms with E-state index in [0.717, 1.165) is 4.90 Å². The minimum atomic E-state index is -0.645. The molecule has 0 aromatic heterocycles. The van der Waals surface area contributed by atoms with Crippen molar-refractivity contribution in [2.24, 2.45) is 0 Å². The number of nitrogens with one attached hydrogen (secondary N) is 2. The Kier molecular flexibility index (Phi) is 7.13. The first-order chi connectivity index (χ1) is 18.4. The number of hydrogen-bond acceptors (Lipinski definition) is 5. The van der Waals surface area contributed by atoms with Crippen molar-refractivity contribution in [1.29, 1.82) is 0 Å². The highest BCUT2D eigenvalue weighted by molar-refractivity contribution is 6.53. The zero-order valence-electron chi connectivity index (χ0n) is 19.7. The SMILES string of the molecule is O=C(Nc1cccc(Cl)c1)c1ccc(NC2=C(Cl)C(=O)N(c3ccc(Oc4ccccc4)cc3)C2=O)cc1. The molecular weight excluding hydrogens is 525 g/mol. The second-order valence-corrected chi connectivity index (χ2v) is 9.02. The number of ether oxygens (including phenoxy) is 1. The van der Waals surface area contributed by atoms with E-state index in [-0.39, 0.29) is 16.6 Å². The summed E-state index contributed by atoms with van der Waals surface area (Å²) in [6, 6.07) is 29.0. The molecular formula is C29H19Cl2N3O4. The fourth-order valence-corrected chi connectivity index (χ4v) is 4.16. The number of hydrogen-bond donors (Lipinski definition) is 2. The summed E-state index contributed by atoms with van der Waals surface area (Å²) in [7, 11) is 0. The fourth-order valence-electron chi connectivity index (χ4n) is 3.75. The predicted octanol–water partition coefficient (Wildman–Crippen LogP) is 6.82. The molecule has 2 N–H and O–H groups in total. The lowest BCUT2D eigenvalue weighted by Gasteiger charge is -2.16. The van der Waals surface area contributed by atoms with Gasteiger partial charge in [-0.3, -0.25) is 14.4 Å². The highest BCUT2D eigenvalue weighted by atomic mass is 35.5. The van der Waals surface area contributed by atoms with Crippen LogP contribution in [0.25, 0.3) is 0 Å². The smallest absolute Gasteiger partial charge is 0.283 e. The molecule has 1 aliphatic heterocycles. The predicted molar refractivity (Wildman–Crippen MR) is 148 cm³/mol. The Bertz CT molecular complexity index is 1550. The summed E-state index contributed by atoms with van der Waals surface area (Å²) in [4.78, 5) is 39.4. The molecule has 0 unspecified atom stereocenters. The molecule has 7 nitrogen and oxygen atoms in total. The van der Waals surface area contributed by atoms with Gasteiger partial charge < -0.3 is 15.4 Å². The van der Waals surface area contributed by atoms with E-state index in [4.69, 9.17) is 27.9 Å². The van der Waals surface area contributed by atoms with Crippen LogP contribution in [0.4, 0.5) is 17.1 Å². The quantitative estimate of drug-likeness (QED) is 0.249. The van der Waals surface area contributed by atoms with Gasteiger partial charge in [-0.1, -0.05) is 47.5 Å². The summed E-state index contributed by atoms with van der Waals surface area (Å²) < 4.78 is 5.76. The maximum Gasteiger partial charge on any atom is 0.283 e. The maximum absolute atomic E-state index is 13.1. The van der Waals surface area contributed by atoms with Crippen LogP contribution in [0.15, 0.2) is 114 Å². The first kappa shape index (κ1) is 25.1. The Morgan fingerprint density at radius 1 is 0.711 bits per heavy atom. The summed E-state index contributed by atoms with van der Waals surface area (Å²) in [5.41, 5.74) is 1.73. The summed E-state index contributed by atoms with van der Waals surface area (Å²) in [5.74, 6) is -0.351. The number of imide groups is 1. The molecule has 38 heavy (non-hydrogen) atoms. The van der Waals surface area contributed by atoms with Crippen molar-refractivity contribution in [3.8, 4) is 11.5 Å². The number of rotatable bonds is 7. The summed E-state index contributed by atoms with van der Waals surface area (Å²) in [5, 5.41) is 5.94. The van der Waals surface area contributed by atoms with Gasteiger partial charge in [0.15, 0.2) is 0 Å². The molecule has 1 heterocycles. The van der Waals surface area contributed by atoms with Gasteiger partial charge in [-0.15, -0.1) is 0 Å². The number of carbonyl (C=O) groups excluding carboxylic acids is 3. The van der Waals surface area contributed by atoms with Crippen LogP contribution in [0.5, 0.6) is 11.5 Å². The average molecular weight is 544 g/mol. The molecule has 4 aromatic carbocycles. The molecule has 5 rings (SSSR count). The summed E-state index contributed by atoms with van der Waals surface area (Å²) in [6.45, 7) is 0. The first-order valence-corrected chi connectivity index (χ1v) is 12.2. The molecule has 4 aromatic rings. The van der Waals surface area contributed by atoms with Crippen molar-refractivity contribution in [3.05, 3.63) is 124 Å². The van der Waals surface area contributed by atoms with E-state index in [0.29, 0.717) is 39.1 Å². The van der Waals surface area contributed by atoms with Crippen LogP contribution in [0.3, 0.4) is 0 Å². The molecule has 0 radical (unpaired) electrons. The molecule has 188 valence electrons. The number of benzene rings is 4. The van der Waals surface area contributed by atoms with Gasteiger partial charge in [-0.25, -0.2) is 4.90 Å². The third-order valence-electron chi connectivity index (χ3n) is 5.60. The van der Waals surface area contributed by atoms with Crippen molar-refractivity contribution in [3.63, 3.8) is 0 Å². The van der Waals surface area contributed by atoms with E-state index in [1.54, 1.807) is 72.8 Å². The van der Waals surface area contributed by atoms with Gasteiger partial charge in [0.05, 0.1) is 5.69 Å². The second kappa shape index (κ2) is 10.8. The number of anilines is 3.